The number of furan rings is 1. The van der Waals surface area contributed by atoms with Crippen molar-refractivity contribution in [1.29, 1.82) is 5.26 Å². The molecule has 0 aliphatic heterocycles. The summed E-state index contributed by atoms with van der Waals surface area (Å²) in [6, 6.07) is 12.6. The predicted octanol–water partition coefficient (Wildman–Crippen LogP) is 3.51. The number of hydrogen-bond acceptors (Lipinski definition) is 8. The quantitative estimate of drug-likeness (QED) is 0.337. The van der Waals surface area contributed by atoms with Crippen molar-refractivity contribution in [2.75, 3.05) is 11.6 Å². The zero-order valence-corrected chi connectivity index (χ0v) is 17.4. The molecular formula is C17H11BrN4O4S2. The molecule has 0 saturated heterocycles. The molecular weight excluding hydrogens is 468 g/mol. The summed E-state index contributed by atoms with van der Waals surface area (Å²) >= 11 is 4.06. The number of nitrogens with one attached hydrogen (secondary N) is 1. The molecule has 142 valence electrons. The van der Waals surface area contributed by atoms with Crippen LogP contribution < -0.4 is 5.32 Å². The van der Waals surface area contributed by atoms with Crippen LogP contribution in [0.15, 0.2) is 55.2 Å². The number of sulfone groups is 1. The SMILES string of the molecule is CS(=O)(=O)c1nnc(NC(=O)/C(C#N)=C\c2ccc(-c3ccc(Br)cc3)o2)s1. The van der Waals surface area contributed by atoms with Gasteiger partial charge in [-0.25, -0.2) is 8.42 Å². The summed E-state index contributed by atoms with van der Waals surface area (Å²) in [6.45, 7) is 0. The van der Waals surface area contributed by atoms with Crippen LogP contribution in [0.1, 0.15) is 5.76 Å². The number of anilines is 1. The van der Waals surface area contributed by atoms with Crippen molar-refractivity contribution >= 4 is 54.2 Å². The minimum absolute atomic E-state index is 0.0263. The van der Waals surface area contributed by atoms with Gasteiger partial charge < -0.3 is 4.42 Å². The van der Waals surface area contributed by atoms with Gasteiger partial charge in [-0.1, -0.05) is 39.4 Å². The van der Waals surface area contributed by atoms with Gasteiger partial charge >= 0.3 is 0 Å². The van der Waals surface area contributed by atoms with E-state index in [1.54, 1.807) is 18.2 Å². The number of carbonyl (C=O) groups is 1. The molecule has 28 heavy (non-hydrogen) atoms. The Bertz CT molecular complexity index is 1200. The largest absolute Gasteiger partial charge is 0.457 e. The highest BCUT2D eigenvalue weighted by Gasteiger charge is 2.18. The molecule has 11 heteroatoms. The number of nitrogens with zero attached hydrogens (tertiary/aromatic N) is 3. The minimum Gasteiger partial charge on any atom is -0.457 e. The van der Waals surface area contributed by atoms with Crippen LogP contribution in [0, 0.1) is 11.3 Å². The van der Waals surface area contributed by atoms with E-state index in [0.29, 0.717) is 22.9 Å². The molecule has 2 heterocycles. The third-order valence-corrected chi connectivity index (χ3v) is 6.39. The van der Waals surface area contributed by atoms with Gasteiger partial charge in [-0.15, -0.1) is 10.2 Å². The highest BCUT2D eigenvalue weighted by molar-refractivity contribution is 9.10. The summed E-state index contributed by atoms with van der Waals surface area (Å²) in [5, 5.41) is 18.7. The van der Waals surface area contributed by atoms with Crippen molar-refractivity contribution in [2.24, 2.45) is 0 Å². The molecule has 0 unspecified atom stereocenters. The molecule has 0 saturated carbocycles. The average molecular weight is 479 g/mol. The maximum absolute atomic E-state index is 12.3. The Morgan fingerprint density at radius 1 is 1.25 bits per heavy atom. The van der Waals surface area contributed by atoms with Crippen LogP contribution in [-0.2, 0) is 14.6 Å². The van der Waals surface area contributed by atoms with Crippen LogP contribution in [0.25, 0.3) is 17.4 Å². The lowest BCUT2D eigenvalue weighted by atomic mass is 10.2. The summed E-state index contributed by atoms with van der Waals surface area (Å²) in [6.07, 6.45) is 2.27. The third kappa shape index (κ3) is 4.72. The molecule has 8 nitrogen and oxygen atoms in total. The molecule has 0 radical (unpaired) electrons. The lowest BCUT2D eigenvalue weighted by Gasteiger charge is -1.99. The third-order valence-electron chi connectivity index (χ3n) is 3.35. The van der Waals surface area contributed by atoms with E-state index in [4.69, 9.17) is 4.42 Å². The monoisotopic (exact) mass is 478 g/mol. The first-order chi connectivity index (χ1) is 13.3. The lowest BCUT2D eigenvalue weighted by molar-refractivity contribution is -0.112. The van der Waals surface area contributed by atoms with Gasteiger partial charge in [0.2, 0.25) is 19.3 Å². The molecule has 0 atom stereocenters. The van der Waals surface area contributed by atoms with Crippen LogP contribution in [0.5, 0.6) is 0 Å². The van der Waals surface area contributed by atoms with Crippen molar-refractivity contribution in [3.05, 3.63) is 52.2 Å². The van der Waals surface area contributed by atoms with Crippen LogP contribution in [0.4, 0.5) is 5.13 Å². The Labute approximate surface area is 172 Å². The van der Waals surface area contributed by atoms with Gasteiger partial charge in [0.1, 0.15) is 23.2 Å². The molecule has 1 amide bonds. The fourth-order valence-corrected chi connectivity index (χ4v) is 3.83. The van der Waals surface area contributed by atoms with Gasteiger partial charge in [-0.05, 0) is 24.3 Å². The topological polar surface area (TPSA) is 126 Å². The maximum Gasteiger partial charge on any atom is 0.268 e. The number of aromatic nitrogens is 2. The summed E-state index contributed by atoms with van der Waals surface area (Å²) in [7, 11) is -3.52. The highest BCUT2D eigenvalue weighted by Crippen LogP contribution is 2.25. The van der Waals surface area contributed by atoms with E-state index in [-0.39, 0.29) is 15.0 Å². The van der Waals surface area contributed by atoms with Gasteiger partial charge in [0, 0.05) is 22.4 Å². The number of amides is 1. The second kappa shape index (κ2) is 8.05. The molecule has 0 spiro atoms. The van der Waals surface area contributed by atoms with Gasteiger partial charge in [-0.3, -0.25) is 10.1 Å². The van der Waals surface area contributed by atoms with Crippen LogP contribution >= 0.6 is 27.3 Å². The predicted molar refractivity (Wildman–Crippen MR) is 107 cm³/mol. The molecule has 2 aromatic heterocycles. The van der Waals surface area contributed by atoms with E-state index in [2.05, 4.69) is 31.4 Å². The molecule has 0 fully saturated rings. The number of carbonyl (C=O) groups excluding carboxylic acids is 1. The van der Waals surface area contributed by atoms with E-state index < -0.39 is 15.7 Å². The van der Waals surface area contributed by atoms with Crippen LogP contribution in [0.3, 0.4) is 0 Å². The average Bonchev–Trinajstić information content (AvgIpc) is 3.29. The highest BCUT2D eigenvalue weighted by atomic mass is 79.9. The zero-order valence-electron chi connectivity index (χ0n) is 14.2. The smallest absolute Gasteiger partial charge is 0.268 e. The molecule has 0 aliphatic carbocycles. The van der Waals surface area contributed by atoms with E-state index in [0.717, 1.165) is 16.3 Å². The summed E-state index contributed by atoms with van der Waals surface area (Å²) in [4.78, 5) is 12.3. The second-order valence-corrected chi connectivity index (χ2v) is 9.56. The van der Waals surface area contributed by atoms with Gasteiger partial charge in [-0.2, -0.15) is 5.26 Å². The molecule has 3 aromatic rings. The normalized spacial score (nSPS) is 11.8. The second-order valence-electron chi connectivity index (χ2n) is 5.48. The number of halogens is 1. The lowest BCUT2D eigenvalue weighted by Crippen LogP contribution is -2.13. The van der Waals surface area contributed by atoms with E-state index in [9.17, 15) is 18.5 Å². The molecule has 3 rings (SSSR count). The van der Waals surface area contributed by atoms with Crippen molar-refractivity contribution < 1.29 is 17.6 Å². The van der Waals surface area contributed by atoms with Crippen molar-refractivity contribution in [3.8, 4) is 17.4 Å². The van der Waals surface area contributed by atoms with Crippen LogP contribution in [-0.4, -0.2) is 30.8 Å². The molecule has 0 aliphatic rings. The minimum atomic E-state index is -3.52. The first kappa shape index (κ1) is 19.9. The number of nitriles is 1. The Hall–Kier alpha value is -2.81. The Morgan fingerprint density at radius 3 is 2.57 bits per heavy atom. The Kier molecular flexibility index (Phi) is 5.73. The molecule has 1 aromatic carbocycles. The van der Waals surface area contributed by atoms with Crippen LogP contribution in [0.2, 0.25) is 0 Å². The van der Waals surface area contributed by atoms with Gasteiger partial charge in [0.05, 0.1) is 0 Å². The summed E-state index contributed by atoms with van der Waals surface area (Å²) in [5.41, 5.74) is 0.612. The fourth-order valence-electron chi connectivity index (χ4n) is 2.07. The van der Waals surface area contributed by atoms with Gasteiger partial charge in [0.25, 0.3) is 5.91 Å². The van der Waals surface area contributed by atoms with Crippen molar-refractivity contribution in [3.63, 3.8) is 0 Å². The first-order valence-corrected chi connectivity index (χ1v) is 11.1. The van der Waals surface area contributed by atoms with E-state index in [1.165, 1.54) is 6.08 Å². The maximum atomic E-state index is 12.3. The molecule has 1 N–H and O–H groups in total. The first-order valence-electron chi connectivity index (χ1n) is 7.59. The summed E-state index contributed by atoms with van der Waals surface area (Å²) in [5.74, 6) is 0.150. The Morgan fingerprint density at radius 2 is 1.96 bits per heavy atom. The van der Waals surface area contributed by atoms with Crippen molar-refractivity contribution in [1.82, 2.24) is 10.2 Å². The van der Waals surface area contributed by atoms with Gasteiger partial charge in [0.15, 0.2) is 0 Å². The standard InChI is InChI=1S/C17H11BrN4O4S2/c1-28(24,25)17-22-21-16(27-17)20-15(23)11(9-19)8-13-6-7-14(26-13)10-2-4-12(18)5-3-10/h2-8H,1H3,(H,20,21,23)/b11-8-. The van der Waals surface area contributed by atoms with Crippen molar-refractivity contribution in [2.45, 2.75) is 4.34 Å². The van der Waals surface area contributed by atoms with E-state index in [1.807, 2.05) is 24.3 Å². The number of hydrogen-bond donors (Lipinski definition) is 1. The Balaban J connectivity index is 1.78. The van der Waals surface area contributed by atoms with E-state index >= 15 is 0 Å². The number of benzene rings is 1. The zero-order chi connectivity index (χ0) is 20.3. The number of rotatable bonds is 5. The fraction of sp³-hybridized carbons (Fsp3) is 0.0588. The summed E-state index contributed by atoms with van der Waals surface area (Å²) < 4.78 is 29.2. The molecule has 0 bridgehead atoms.